The minimum atomic E-state index is -2.26. The van der Waals surface area contributed by atoms with Crippen LogP contribution in [-0.2, 0) is 15.5 Å². The summed E-state index contributed by atoms with van der Waals surface area (Å²) in [6.07, 6.45) is 3.16. The molecule has 292 valence electrons. The van der Waals surface area contributed by atoms with Crippen molar-refractivity contribution in [2.45, 2.75) is 127 Å². The fourth-order valence-corrected chi connectivity index (χ4v) is 15.1. The van der Waals surface area contributed by atoms with Gasteiger partial charge in [0.2, 0.25) is 11.0 Å². The van der Waals surface area contributed by atoms with Crippen LogP contribution in [0.5, 0.6) is 5.88 Å². The third kappa shape index (κ3) is 6.67. The molecule has 2 saturated heterocycles. The van der Waals surface area contributed by atoms with Gasteiger partial charge in [-0.25, -0.2) is 28.5 Å². The molecular weight excluding hydrogens is 737 g/mol. The Morgan fingerprint density at radius 1 is 0.964 bits per heavy atom. The Labute approximate surface area is 326 Å². The van der Waals surface area contributed by atoms with E-state index >= 15 is 8.78 Å². The summed E-state index contributed by atoms with van der Waals surface area (Å²) in [4.78, 5) is 31.6. The number of hydrogen-bond acceptors (Lipinski definition) is 8. The van der Waals surface area contributed by atoms with Crippen LogP contribution in [0.4, 0.5) is 19.4 Å². The number of benzene rings is 2. The van der Waals surface area contributed by atoms with Gasteiger partial charge in [-0.15, -0.1) is 5.54 Å². The molecule has 2 fully saturated rings. The summed E-state index contributed by atoms with van der Waals surface area (Å²) in [5, 5.41) is 1.40. The predicted molar refractivity (Wildman–Crippen MR) is 217 cm³/mol. The van der Waals surface area contributed by atoms with Gasteiger partial charge in [0.1, 0.15) is 41.9 Å². The molecule has 9 nitrogen and oxygen atoms in total. The first-order valence-electron chi connectivity index (χ1n) is 19.3. The normalized spacial score (nSPS) is 20.3. The largest absolute Gasteiger partial charge is 0.477 e. The number of rotatable bonds is 5. The highest BCUT2D eigenvalue weighted by Crippen LogP contribution is 2.46. The molecule has 0 saturated carbocycles. The second-order valence-electron chi connectivity index (χ2n) is 17.1. The molecule has 2 aromatic carbocycles. The summed E-state index contributed by atoms with van der Waals surface area (Å²) in [6.45, 7) is 19.4. The molecular formula is C42H51F2N5O4SSi. The number of aromatic nitrogens is 3. The first-order chi connectivity index (χ1) is 25.9. The van der Waals surface area contributed by atoms with Gasteiger partial charge in [0.25, 0.3) is 0 Å². The first kappa shape index (κ1) is 39.1. The van der Waals surface area contributed by atoms with Gasteiger partial charge in [-0.1, -0.05) is 71.7 Å². The van der Waals surface area contributed by atoms with Crippen molar-refractivity contribution in [1.29, 1.82) is 0 Å². The van der Waals surface area contributed by atoms with E-state index in [4.69, 9.17) is 19.4 Å². The number of piperazine rings is 1. The smallest absolute Gasteiger partial charge is 0.410 e. The van der Waals surface area contributed by atoms with E-state index in [0.717, 1.165) is 12.8 Å². The standard InChI is InChI=1S/C42H51F2N5O4SSi/c1-23(2)55(24(3)4,25(5)6)21-19-28-30(43)16-14-26-12-11-13-29(33(26)28)36-35(44)37-34-38(47-40(46-37)54(10)51)48-22-27-15-17-32(31(48)18-20-52-39(34)45-36)49(27)41(50)53-42(7,8)9/h11-14,16,23-25,27,31-32H,15,17-18,20,22H2,1-10H3/t27-,31-,32+,54?/m1/s1. The SMILES string of the molecule is CC(C)[Si](C#Cc1c(F)ccc2cccc(-c3nc4c5c(nc(S(C)=O)nc5c3F)N3C[C@H]5CC[C@@H]([C@H]3CCO4)N5C(=O)OC(C)(C)C)c12)(C(C)C)C(C)C. The zero-order valence-corrected chi connectivity index (χ0v) is 35.2. The van der Waals surface area contributed by atoms with E-state index in [1.54, 1.807) is 18.2 Å². The van der Waals surface area contributed by atoms with E-state index < -0.39 is 36.1 Å². The van der Waals surface area contributed by atoms with Gasteiger partial charge in [0.15, 0.2) is 5.82 Å². The molecule has 3 aliphatic rings. The van der Waals surface area contributed by atoms with Crippen molar-refractivity contribution in [2.75, 3.05) is 24.3 Å². The molecule has 0 radical (unpaired) electrons. The van der Waals surface area contributed by atoms with Crippen molar-refractivity contribution in [3.05, 3.63) is 47.5 Å². The number of carbonyl (C=O) groups excluding carboxylic acids is 1. The van der Waals surface area contributed by atoms with Crippen molar-refractivity contribution in [3.8, 4) is 28.6 Å². The Kier molecular flexibility index (Phi) is 10.2. The Bertz CT molecular complexity index is 2260. The summed E-state index contributed by atoms with van der Waals surface area (Å²) in [5.74, 6) is 2.59. The molecule has 1 unspecified atom stereocenters. The molecule has 1 amide bonds. The minimum Gasteiger partial charge on any atom is -0.477 e. The fourth-order valence-electron chi connectivity index (χ4n) is 9.51. The molecule has 0 aliphatic carbocycles. The van der Waals surface area contributed by atoms with Crippen LogP contribution in [0.1, 0.15) is 87.1 Å². The van der Waals surface area contributed by atoms with Crippen LogP contribution in [0.25, 0.3) is 32.9 Å². The zero-order valence-electron chi connectivity index (χ0n) is 33.4. The van der Waals surface area contributed by atoms with Gasteiger partial charge in [-0.05, 0) is 61.7 Å². The maximum absolute atomic E-state index is 17.4. The van der Waals surface area contributed by atoms with Crippen LogP contribution in [-0.4, -0.2) is 81.4 Å². The lowest BCUT2D eigenvalue weighted by Gasteiger charge is -2.48. The van der Waals surface area contributed by atoms with Gasteiger partial charge < -0.3 is 14.4 Å². The average molecular weight is 788 g/mol. The zero-order chi connectivity index (χ0) is 39.7. The number of carbonyl (C=O) groups is 1. The summed E-state index contributed by atoms with van der Waals surface area (Å²) < 4.78 is 58.8. The summed E-state index contributed by atoms with van der Waals surface area (Å²) in [7, 11) is -3.93. The van der Waals surface area contributed by atoms with E-state index in [2.05, 4.69) is 62.9 Å². The van der Waals surface area contributed by atoms with Crippen LogP contribution in [0.2, 0.25) is 16.6 Å². The molecule has 2 bridgehead atoms. The van der Waals surface area contributed by atoms with E-state index in [0.29, 0.717) is 51.7 Å². The number of ether oxygens (including phenoxy) is 2. The lowest BCUT2D eigenvalue weighted by Crippen LogP contribution is -2.62. The molecule has 0 spiro atoms. The lowest BCUT2D eigenvalue weighted by atomic mass is 9.96. The van der Waals surface area contributed by atoms with Gasteiger partial charge in [0, 0.05) is 30.2 Å². The highest BCUT2D eigenvalue weighted by Gasteiger charge is 2.51. The molecule has 2 aromatic heterocycles. The van der Waals surface area contributed by atoms with E-state index in [-0.39, 0.29) is 64.0 Å². The van der Waals surface area contributed by atoms with Crippen LogP contribution in [0, 0.1) is 23.1 Å². The maximum Gasteiger partial charge on any atom is 0.410 e. The monoisotopic (exact) mass is 787 g/mol. The van der Waals surface area contributed by atoms with E-state index in [1.807, 2.05) is 31.7 Å². The maximum atomic E-state index is 17.4. The van der Waals surface area contributed by atoms with Gasteiger partial charge in [-0.2, -0.15) is 0 Å². The number of hydrogen-bond donors (Lipinski definition) is 0. The van der Waals surface area contributed by atoms with E-state index in [1.165, 1.54) is 12.3 Å². The molecule has 7 rings (SSSR count). The Morgan fingerprint density at radius 3 is 2.33 bits per heavy atom. The number of halogens is 2. The van der Waals surface area contributed by atoms with Crippen LogP contribution < -0.4 is 9.64 Å². The molecule has 3 aliphatic heterocycles. The second kappa shape index (κ2) is 14.4. The van der Waals surface area contributed by atoms with Crippen molar-refractivity contribution >= 4 is 52.5 Å². The van der Waals surface area contributed by atoms with Crippen molar-refractivity contribution < 1.29 is 27.3 Å². The predicted octanol–water partition coefficient (Wildman–Crippen LogP) is 9.17. The van der Waals surface area contributed by atoms with Gasteiger partial charge in [-0.3, -0.25) is 9.11 Å². The molecule has 5 heterocycles. The third-order valence-electron chi connectivity index (χ3n) is 11.8. The Balaban J connectivity index is 1.43. The summed E-state index contributed by atoms with van der Waals surface area (Å²) in [6, 6.07) is 7.90. The van der Waals surface area contributed by atoms with E-state index in [9.17, 15) is 9.00 Å². The number of anilines is 1. The highest BCUT2D eigenvalue weighted by atomic mass is 32.2. The van der Waals surface area contributed by atoms with Crippen LogP contribution in [0.15, 0.2) is 35.5 Å². The topological polar surface area (TPSA) is 97.8 Å². The second-order valence-corrected chi connectivity index (χ2v) is 24.0. The van der Waals surface area contributed by atoms with Crippen molar-refractivity contribution in [3.63, 3.8) is 0 Å². The van der Waals surface area contributed by atoms with Crippen molar-refractivity contribution in [1.82, 2.24) is 19.9 Å². The minimum absolute atomic E-state index is 0.0291. The number of nitrogens with zero attached hydrogens (tertiary/aromatic N) is 5. The van der Waals surface area contributed by atoms with Crippen molar-refractivity contribution in [2.24, 2.45) is 0 Å². The average Bonchev–Trinajstić information content (AvgIpc) is 3.43. The molecule has 13 heteroatoms. The Morgan fingerprint density at radius 2 is 1.67 bits per heavy atom. The molecule has 55 heavy (non-hydrogen) atoms. The first-order valence-corrected chi connectivity index (χ1v) is 23.1. The van der Waals surface area contributed by atoms with Crippen LogP contribution in [0.3, 0.4) is 0 Å². The summed E-state index contributed by atoms with van der Waals surface area (Å²) >= 11 is 0. The number of fused-ring (bicyclic) bond motifs is 6. The lowest BCUT2D eigenvalue weighted by molar-refractivity contribution is 0.00637. The third-order valence-corrected chi connectivity index (χ3v) is 18.8. The fraction of sp³-hybridized carbons (Fsp3) is 0.524. The van der Waals surface area contributed by atoms with Gasteiger partial charge >= 0.3 is 6.09 Å². The van der Waals surface area contributed by atoms with Gasteiger partial charge in [0.05, 0.1) is 41.1 Å². The number of amides is 1. The number of pyridine rings is 1. The molecule has 4 aromatic rings. The van der Waals surface area contributed by atoms with Crippen LogP contribution >= 0.6 is 0 Å². The quantitative estimate of drug-likeness (QED) is 0.112. The molecule has 4 atom stereocenters. The molecule has 0 N–H and O–H groups in total. The summed E-state index contributed by atoms with van der Waals surface area (Å²) in [5.41, 5.74) is 4.42. The highest BCUT2D eigenvalue weighted by molar-refractivity contribution is 7.84. The Hall–Kier alpha value is -4.15.